The molecule has 1 aromatic carbocycles. The second kappa shape index (κ2) is 10.9. The monoisotopic (exact) mass is 447 g/mol. The Morgan fingerprint density at radius 3 is 2.38 bits per heavy atom. The van der Waals surface area contributed by atoms with Crippen molar-refractivity contribution >= 4 is 23.4 Å². The summed E-state index contributed by atoms with van der Waals surface area (Å²) in [6, 6.07) is 6.42. The van der Waals surface area contributed by atoms with Crippen LogP contribution in [0.3, 0.4) is 0 Å². The predicted molar refractivity (Wildman–Crippen MR) is 123 cm³/mol. The van der Waals surface area contributed by atoms with Crippen LogP contribution < -0.4 is 20.1 Å². The summed E-state index contributed by atoms with van der Waals surface area (Å²) in [6.07, 6.45) is 0. The van der Waals surface area contributed by atoms with Crippen molar-refractivity contribution in [3.05, 3.63) is 30.0 Å². The van der Waals surface area contributed by atoms with Crippen molar-refractivity contribution in [2.75, 3.05) is 51.7 Å². The Bertz CT molecular complexity index is 935. The zero-order valence-corrected chi connectivity index (χ0v) is 19.8. The molecule has 0 aliphatic carbocycles. The minimum atomic E-state index is -0.457. The molecular weight excluding hydrogens is 414 g/mol. The maximum atomic E-state index is 12.9. The molecule has 0 fully saturated rings. The molecular formula is C22H33N5O5. The van der Waals surface area contributed by atoms with E-state index in [1.807, 2.05) is 26.8 Å². The van der Waals surface area contributed by atoms with Crippen LogP contribution in [0.5, 0.6) is 11.5 Å². The zero-order valence-electron chi connectivity index (χ0n) is 19.8. The van der Waals surface area contributed by atoms with Crippen molar-refractivity contribution in [1.29, 1.82) is 0 Å². The standard InChI is InChI=1S/C22H33N5O5/c1-22(2,3)18-13-19(26(4)25-18)24-20(28)14-27(10-11-30-5)21(29)23-16-9-8-15(31-6)12-17(16)32-7/h8-9,12-13H,10-11,14H2,1-7H3,(H,23,29)(H,24,28). The van der Waals surface area contributed by atoms with Gasteiger partial charge in [0.15, 0.2) is 0 Å². The second-order valence-electron chi connectivity index (χ2n) is 8.25. The summed E-state index contributed by atoms with van der Waals surface area (Å²) in [7, 11) is 6.34. The molecule has 0 aliphatic rings. The number of hydrogen-bond donors (Lipinski definition) is 2. The topological polar surface area (TPSA) is 107 Å². The van der Waals surface area contributed by atoms with Crippen LogP contribution >= 0.6 is 0 Å². The van der Waals surface area contributed by atoms with Crippen LogP contribution in [0.25, 0.3) is 0 Å². The number of carbonyl (C=O) groups excluding carboxylic acids is 2. The van der Waals surface area contributed by atoms with Crippen LogP contribution in [0.1, 0.15) is 26.5 Å². The Morgan fingerprint density at radius 2 is 1.81 bits per heavy atom. The highest BCUT2D eigenvalue weighted by molar-refractivity contribution is 5.97. The molecule has 0 bridgehead atoms. The number of hydrogen-bond acceptors (Lipinski definition) is 6. The van der Waals surface area contributed by atoms with Crippen molar-refractivity contribution in [2.45, 2.75) is 26.2 Å². The van der Waals surface area contributed by atoms with Gasteiger partial charge in [-0.15, -0.1) is 0 Å². The molecule has 2 rings (SSSR count). The third kappa shape index (κ3) is 6.61. The summed E-state index contributed by atoms with van der Waals surface area (Å²) in [5.41, 5.74) is 1.17. The number of ether oxygens (including phenoxy) is 3. The van der Waals surface area contributed by atoms with E-state index in [0.29, 0.717) is 23.0 Å². The number of nitrogens with zero attached hydrogens (tertiary/aromatic N) is 3. The van der Waals surface area contributed by atoms with E-state index in [9.17, 15) is 9.59 Å². The van der Waals surface area contributed by atoms with Crippen molar-refractivity contribution in [2.24, 2.45) is 7.05 Å². The van der Waals surface area contributed by atoms with Crippen LogP contribution in [-0.2, 0) is 22.0 Å². The third-order valence-electron chi connectivity index (χ3n) is 4.75. The average Bonchev–Trinajstić information content (AvgIpc) is 3.11. The summed E-state index contributed by atoms with van der Waals surface area (Å²) >= 11 is 0. The van der Waals surface area contributed by atoms with Gasteiger partial charge in [0.1, 0.15) is 23.9 Å². The quantitative estimate of drug-likeness (QED) is 0.612. The molecule has 32 heavy (non-hydrogen) atoms. The first-order valence-electron chi connectivity index (χ1n) is 10.2. The van der Waals surface area contributed by atoms with Gasteiger partial charge in [-0.1, -0.05) is 20.8 Å². The van der Waals surface area contributed by atoms with Gasteiger partial charge in [-0.25, -0.2) is 4.79 Å². The summed E-state index contributed by atoms with van der Waals surface area (Å²) in [5.74, 6) is 1.25. The van der Waals surface area contributed by atoms with Crippen LogP contribution in [0.4, 0.5) is 16.3 Å². The van der Waals surface area contributed by atoms with E-state index in [2.05, 4.69) is 15.7 Å². The fourth-order valence-electron chi connectivity index (χ4n) is 2.86. The van der Waals surface area contributed by atoms with Gasteiger partial charge in [0, 0.05) is 38.2 Å². The normalized spacial score (nSPS) is 11.1. The number of nitrogens with one attached hydrogen (secondary N) is 2. The highest BCUT2D eigenvalue weighted by atomic mass is 16.5. The summed E-state index contributed by atoms with van der Waals surface area (Å²) in [4.78, 5) is 27.0. The van der Waals surface area contributed by atoms with Gasteiger partial charge in [-0.2, -0.15) is 5.10 Å². The Balaban J connectivity index is 2.12. The number of urea groups is 1. The minimum Gasteiger partial charge on any atom is -0.497 e. The lowest BCUT2D eigenvalue weighted by Crippen LogP contribution is -2.42. The van der Waals surface area contributed by atoms with Crippen LogP contribution in [0.2, 0.25) is 0 Å². The molecule has 0 unspecified atom stereocenters. The highest BCUT2D eigenvalue weighted by Gasteiger charge is 2.22. The Labute approximate surface area is 188 Å². The van der Waals surface area contributed by atoms with E-state index in [1.54, 1.807) is 37.0 Å². The lowest BCUT2D eigenvalue weighted by Gasteiger charge is -2.23. The van der Waals surface area contributed by atoms with Gasteiger partial charge >= 0.3 is 6.03 Å². The maximum absolute atomic E-state index is 12.9. The molecule has 1 aromatic heterocycles. The first kappa shape index (κ1) is 25.0. The fourth-order valence-corrected chi connectivity index (χ4v) is 2.86. The van der Waals surface area contributed by atoms with Gasteiger partial charge in [0.25, 0.3) is 0 Å². The van der Waals surface area contributed by atoms with E-state index in [-0.39, 0.29) is 31.0 Å². The molecule has 2 N–H and O–H groups in total. The smallest absolute Gasteiger partial charge is 0.322 e. The lowest BCUT2D eigenvalue weighted by atomic mass is 9.92. The zero-order chi connectivity index (χ0) is 23.9. The number of anilines is 2. The number of rotatable bonds is 9. The highest BCUT2D eigenvalue weighted by Crippen LogP contribution is 2.29. The Kier molecular flexibility index (Phi) is 8.48. The van der Waals surface area contributed by atoms with Crippen LogP contribution in [-0.4, -0.2) is 67.6 Å². The molecule has 176 valence electrons. The number of benzene rings is 1. The molecule has 0 saturated carbocycles. The molecule has 10 heteroatoms. The van der Waals surface area contributed by atoms with Crippen molar-refractivity contribution in [1.82, 2.24) is 14.7 Å². The molecule has 1 heterocycles. The van der Waals surface area contributed by atoms with Crippen molar-refractivity contribution in [3.8, 4) is 11.5 Å². The largest absolute Gasteiger partial charge is 0.497 e. The Hall–Kier alpha value is -3.27. The summed E-state index contributed by atoms with van der Waals surface area (Å²) < 4.78 is 17.2. The molecule has 0 aliphatic heterocycles. The molecule has 0 saturated heterocycles. The van der Waals surface area contributed by atoms with Gasteiger partial charge in [0.05, 0.1) is 32.2 Å². The number of aromatic nitrogens is 2. The van der Waals surface area contributed by atoms with Gasteiger partial charge in [0.2, 0.25) is 5.91 Å². The van der Waals surface area contributed by atoms with Gasteiger partial charge < -0.3 is 29.7 Å². The number of carbonyl (C=O) groups is 2. The fraction of sp³-hybridized carbons (Fsp3) is 0.500. The first-order valence-corrected chi connectivity index (χ1v) is 10.2. The lowest BCUT2D eigenvalue weighted by molar-refractivity contribution is -0.116. The van der Waals surface area contributed by atoms with Crippen LogP contribution in [0, 0.1) is 0 Å². The third-order valence-corrected chi connectivity index (χ3v) is 4.75. The first-order chi connectivity index (χ1) is 15.1. The molecule has 10 nitrogen and oxygen atoms in total. The predicted octanol–water partition coefficient (Wildman–Crippen LogP) is 2.85. The van der Waals surface area contributed by atoms with E-state index >= 15 is 0 Å². The van der Waals surface area contributed by atoms with Gasteiger partial charge in [-0.05, 0) is 12.1 Å². The van der Waals surface area contributed by atoms with Crippen molar-refractivity contribution in [3.63, 3.8) is 0 Å². The van der Waals surface area contributed by atoms with E-state index < -0.39 is 6.03 Å². The number of amides is 3. The molecule has 0 atom stereocenters. The molecule has 0 spiro atoms. The second-order valence-corrected chi connectivity index (χ2v) is 8.25. The van der Waals surface area contributed by atoms with E-state index in [1.165, 1.54) is 19.1 Å². The maximum Gasteiger partial charge on any atom is 0.322 e. The minimum absolute atomic E-state index is 0.150. The molecule has 2 aromatic rings. The molecule has 3 amide bonds. The molecule has 0 radical (unpaired) electrons. The Morgan fingerprint density at radius 1 is 1.09 bits per heavy atom. The SMILES string of the molecule is COCCN(CC(=O)Nc1cc(C(C)(C)C)nn1C)C(=O)Nc1ccc(OC)cc1OC. The van der Waals surface area contributed by atoms with Crippen molar-refractivity contribution < 1.29 is 23.8 Å². The van der Waals surface area contributed by atoms with E-state index in [0.717, 1.165) is 5.69 Å². The number of methoxy groups -OCH3 is 3. The number of aryl methyl sites for hydroxylation is 1. The summed E-state index contributed by atoms with van der Waals surface area (Å²) in [5, 5.41) is 10.1. The van der Waals surface area contributed by atoms with Crippen LogP contribution in [0.15, 0.2) is 24.3 Å². The summed E-state index contributed by atoms with van der Waals surface area (Å²) in [6.45, 7) is 6.48. The van der Waals surface area contributed by atoms with E-state index in [4.69, 9.17) is 14.2 Å². The average molecular weight is 448 g/mol. The van der Waals surface area contributed by atoms with Gasteiger partial charge in [-0.3, -0.25) is 9.48 Å².